The smallest absolute Gasteiger partial charge is 0.253 e. The van der Waals surface area contributed by atoms with Crippen molar-refractivity contribution in [3.8, 4) is 17.6 Å². The molecule has 4 rings (SSSR count). The molecule has 0 bridgehead atoms. The summed E-state index contributed by atoms with van der Waals surface area (Å²) in [6, 6.07) is 13.5. The standard InChI is InChI=1S/C25H24N4O3S2/c1-15-10-16(2)27-25(18(15)13-26)34-14-24(30)29-20(12-19(28-29)23-6-5-9-33-23)17-7-8-21(31-3)22(11-17)32-4/h5-11,20H,12,14H2,1-4H3. The number of aryl methyl sites for hydroxylation is 2. The van der Waals surface area contributed by atoms with Gasteiger partial charge >= 0.3 is 0 Å². The molecule has 3 aromatic rings. The monoisotopic (exact) mass is 492 g/mol. The van der Waals surface area contributed by atoms with E-state index < -0.39 is 0 Å². The van der Waals surface area contributed by atoms with Gasteiger partial charge in [0.2, 0.25) is 0 Å². The fourth-order valence-corrected chi connectivity index (χ4v) is 5.56. The number of hydrazone groups is 1. The molecule has 0 radical (unpaired) electrons. The van der Waals surface area contributed by atoms with Gasteiger partial charge in [0.25, 0.3) is 5.91 Å². The van der Waals surface area contributed by atoms with Crippen LogP contribution in [0.1, 0.15) is 39.7 Å². The summed E-state index contributed by atoms with van der Waals surface area (Å²) in [4.78, 5) is 18.9. The lowest BCUT2D eigenvalue weighted by atomic mass is 10.0. The van der Waals surface area contributed by atoms with E-state index in [1.54, 1.807) is 30.6 Å². The molecular weight excluding hydrogens is 468 g/mol. The third-order valence-electron chi connectivity index (χ3n) is 5.52. The van der Waals surface area contributed by atoms with E-state index >= 15 is 0 Å². The van der Waals surface area contributed by atoms with E-state index in [1.165, 1.54) is 11.8 Å². The van der Waals surface area contributed by atoms with Crippen molar-refractivity contribution in [2.45, 2.75) is 31.3 Å². The van der Waals surface area contributed by atoms with Gasteiger partial charge in [-0.3, -0.25) is 4.79 Å². The molecule has 0 saturated heterocycles. The SMILES string of the molecule is COc1ccc(C2CC(c3cccs3)=NN2C(=O)CSc2nc(C)cc(C)c2C#N)cc1OC. The number of thioether (sulfide) groups is 1. The number of benzene rings is 1. The zero-order chi connectivity index (χ0) is 24.2. The zero-order valence-corrected chi connectivity index (χ0v) is 21.0. The van der Waals surface area contributed by atoms with Gasteiger partial charge in [0.05, 0.1) is 42.2 Å². The predicted molar refractivity (Wildman–Crippen MR) is 134 cm³/mol. The van der Waals surface area contributed by atoms with Crippen LogP contribution in [0.5, 0.6) is 11.5 Å². The molecule has 2 aromatic heterocycles. The number of amides is 1. The highest BCUT2D eigenvalue weighted by Gasteiger charge is 2.34. The molecule has 7 nitrogen and oxygen atoms in total. The van der Waals surface area contributed by atoms with Crippen LogP contribution >= 0.6 is 23.1 Å². The Morgan fingerprint density at radius 1 is 1.24 bits per heavy atom. The minimum Gasteiger partial charge on any atom is -0.493 e. The Labute approximate surface area is 207 Å². The number of ether oxygens (including phenoxy) is 2. The van der Waals surface area contributed by atoms with E-state index in [0.29, 0.717) is 28.5 Å². The lowest BCUT2D eigenvalue weighted by molar-refractivity contribution is -0.130. The van der Waals surface area contributed by atoms with Crippen molar-refractivity contribution in [1.82, 2.24) is 9.99 Å². The summed E-state index contributed by atoms with van der Waals surface area (Å²) in [6.07, 6.45) is 0.595. The topological polar surface area (TPSA) is 87.8 Å². The lowest BCUT2D eigenvalue weighted by Crippen LogP contribution is -2.28. The molecule has 0 saturated carbocycles. The Balaban J connectivity index is 1.63. The third-order valence-corrected chi connectivity index (χ3v) is 7.40. The van der Waals surface area contributed by atoms with Crippen molar-refractivity contribution >= 4 is 34.7 Å². The van der Waals surface area contributed by atoms with E-state index in [9.17, 15) is 10.1 Å². The number of hydrogen-bond donors (Lipinski definition) is 0. The number of aromatic nitrogens is 1. The molecule has 3 heterocycles. The fraction of sp³-hybridized carbons (Fsp3) is 0.280. The highest BCUT2D eigenvalue weighted by atomic mass is 32.2. The van der Waals surface area contributed by atoms with Crippen LogP contribution in [0.4, 0.5) is 0 Å². The van der Waals surface area contributed by atoms with Gasteiger partial charge in [-0.25, -0.2) is 9.99 Å². The van der Waals surface area contributed by atoms with Crippen LogP contribution < -0.4 is 9.47 Å². The average Bonchev–Trinajstić information content (AvgIpc) is 3.52. The highest BCUT2D eigenvalue weighted by Crippen LogP contribution is 2.38. The minimum absolute atomic E-state index is 0.121. The molecule has 0 spiro atoms. The molecule has 1 unspecified atom stereocenters. The molecule has 0 N–H and O–H groups in total. The summed E-state index contributed by atoms with van der Waals surface area (Å²) < 4.78 is 10.8. The van der Waals surface area contributed by atoms with Crippen LogP contribution in [0, 0.1) is 25.2 Å². The van der Waals surface area contributed by atoms with Crippen molar-refractivity contribution in [2.24, 2.45) is 5.10 Å². The third kappa shape index (κ3) is 4.79. The Bertz CT molecular complexity index is 1280. The first-order valence-corrected chi connectivity index (χ1v) is 12.5. The summed E-state index contributed by atoms with van der Waals surface area (Å²) in [5.41, 5.74) is 3.95. The number of hydrogen-bond acceptors (Lipinski definition) is 8. The zero-order valence-electron chi connectivity index (χ0n) is 19.4. The molecular formula is C25H24N4O3S2. The van der Waals surface area contributed by atoms with Crippen LogP contribution in [0.25, 0.3) is 0 Å². The number of carbonyl (C=O) groups is 1. The summed E-state index contributed by atoms with van der Waals surface area (Å²) in [5.74, 6) is 1.20. The van der Waals surface area contributed by atoms with E-state index in [-0.39, 0.29) is 17.7 Å². The first kappa shape index (κ1) is 23.8. The van der Waals surface area contributed by atoms with Crippen LogP contribution in [0.15, 0.2) is 51.9 Å². The number of methoxy groups -OCH3 is 2. The van der Waals surface area contributed by atoms with Crippen LogP contribution in [-0.4, -0.2) is 41.6 Å². The quantitative estimate of drug-likeness (QED) is 0.426. The van der Waals surface area contributed by atoms with Gasteiger partial charge in [-0.05, 0) is 54.6 Å². The average molecular weight is 493 g/mol. The summed E-state index contributed by atoms with van der Waals surface area (Å²) >= 11 is 2.87. The minimum atomic E-state index is -0.271. The Hall–Kier alpha value is -3.35. The molecule has 0 aliphatic carbocycles. The molecule has 9 heteroatoms. The van der Waals surface area contributed by atoms with Gasteiger partial charge in [0.1, 0.15) is 11.1 Å². The largest absolute Gasteiger partial charge is 0.493 e. The Morgan fingerprint density at radius 2 is 2.03 bits per heavy atom. The first-order valence-electron chi connectivity index (χ1n) is 10.6. The highest BCUT2D eigenvalue weighted by molar-refractivity contribution is 8.00. The number of pyridine rings is 1. The maximum Gasteiger partial charge on any atom is 0.253 e. The summed E-state index contributed by atoms with van der Waals surface area (Å²) in [5, 5.41) is 18.4. The number of carbonyl (C=O) groups excluding carboxylic acids is 1. The second kappa shape index (κ2) is 10.3. The van der Waals surface area contributed by atoms with Gasteiger partial charge < -0.3 is 9.47 Å². The Morgan fingerprint density at radius 3 is 2.71 bits per heavy atom. The molecule has 1 amide bonds. The van der Waals surface area contributed by atoms with E-state index in [4.69, 9.17) is 14.6 Å². The Kier molecular flexibility index (Phi) is 7.20. The van der Waals surface area contributed by atoms with Crippen molar-refractivity contribution in [1.29, 1.82) is 5.26 Å². The molecule has 34 heavy (non-hydrogen) atoms. The number of nitrogens with zero attached hydrogens (tertiary/aromatic N) is 4. The molecule has 1 atom stereocenters. The van der Waals surface area contributed by atoms with Gasteiger partial charge in [-0.15, -0.1) is 11.3 Å². The van der Waals surface area contributed by atoms with Crippen molar-refractivity contribution in [2.75, 3.05) is 20.0 Å². The van der Waals surface area contributed by atoms with Crippen LogP contribution in [-0.2, 0) is 4.79 Å². The van der Waals surface area contributed by atoms with Gasteiger partial charge in [-0.1, -0.05) is 23.9 Å². The fourth-order valence-electron chi connectivity index (χ4n) is 3.89. The number of rotatable bonds is 7. The van der Waals surface area contributed by atoms with Gasteiger partial charge in [0, 0.05) is 12.1 Å². The van der Waals surface area contributed by atoms with E-state index in [0.717, 1.165) is 27.4 Å². The maximum absolute atomic E-state index is 13.4. The molecule has 1 aliphatic rings. The second-order valence-electron chi connectivity index (χ2n) is 7.76. The predicted octanol–water partition coefficient (Wildman–Crippen LogP) is 5.12. The summed E-state index contributed by atoms with van der Waals surface area (Å²) in [6.45, 7) is 3.76. The lowest BCUT2D eigenvalue weighted by Gasteiger charge is -2.23. The summed E-state index contributed by atoms with van der Waals surface area (Å²) in [7, 11) is 3.18. The van der Waals surface area contributed by atoms with Crippen LogP contribution in [0.3, 0.4) is 0 Å². The maximum atomic E-state index is 13.4. The van der Waals surface area contributed by atoms with Crippen LogP contribution in [0.2, 0.25) is 0 Å². The first-order chi connectivity index (χ1) is 16.4. The van der Waals surface area contributed by atoms with E-state index in [1.807, 2.05) is 55.6 Å². The number of thiophene rings is 1. The molecule has 1 aromatic carbocycles. The van der Waals surface area contributed by atoms with Gasteiger partial charge in [0.15, 0.2) is 11.5 Å². The van der Waals surface area contributed by atoms with Crippen molar-refractivity contribution < 1.29 is 14.3 Å². The van der Waals surface area contributed by atoms with Crippen molar-refractivity contribution in [3.05, 3.63) is 69.0 Å². The van der Waals surface area contributed by atoms with E-state index in [2.05, 4.69) is 11.1 Å². The number of nitriles is 1. The molecule has 1 aliphatic heterocycles. The van der Waals surface area contributed by atoms with Gasteiger partial charge in [-0.2, -0.15) is 10.4 Å². The molecule has 174 valence electrons. The second-order valence-corrected chi connectivity index (χ2v) is 9.67. The van der Waals surface area contributed by atoms with Crippen molar-refractivity contribution in [3.63, 3.8) is 0 Å². The normalized spacial score (nSPS) is 15.1. The molecule has 0 fully saturated rings.